The lowest BCUT2D eigenvalue weighted by Crippen LogP contribution is -2.47. The van der Waals surface area contributed by atoms with Crippen LogP contribution in [0.5, 0.6) is 0 Å². The third-order valence-corrected chi connectivity index (χ3v) is 3.83. The van der Waals surface area contributed by atoms with Gasteiger partial charge in [0.15, 0.2) is 0 Å². The van der Waals surface area contributed by atoms with Gasteiger partial charge in [0.05, 0.1) is 24.9 Å². The SMILES string of the molecule is NS(=O)(=O)CCNC(=O)N1CCC(OCCC(=O)O)CC1. The highest BCUT2D eigenvalue weighted by Gasteiger charge is 2.23. The maximum absolute atomic E-state index is 11.8. The molecule has 0 aromatic heterocycles. The molecule has 9 nitrogen and oxygen atoms in total. The van der Waals surface area contributed by atoms with Crippen molar-refractivity contribution in [2.45, 2.75) is 25.4 Å². The fourth-order valence-corrected chi connectivity index (χ4v) is 2.34. The van der Waals surface area contributed by atoms with Gasteiger partial charge >= 0.3 is 12.0 Å². The fraction of sp³-hybridized carbons (Fsp3) is 0.818. The molecule has 1 heterocycles. The molecule has 122 valence electrons. The number of sulfonamides is 1. The van der Waals surface area contributed by atoms with E-state index in [0.717, 1.165) is 0 Å². The molecule has 0 aromatic carbocycles. The van der Waals surface area contributed by atoms with Gasteiger partial charge in [-0.2, -0.15) is 0 Å². The summed E-state index contributed by atoms with van der Waals surface area (Å²) in [5.74, 6) is -1.20. The van der Waals surface area contributed by atoms with Crippen molar-refractivity contribution in [1.82, 2.24) is 10.2 Å². The zero-order valence-corrected chi connectivity index (χ0v) is 12.5. The number of nitrogens with zero attached hydrogens (tertiary/aromatic N) is 1. The molecule has 4 N–H and O–H groups in total. The number of hydrogen-bond acceptors (Lipinski definition) is 5. The number of urea groups is 1. The van der Waals surface area contributed by atoms with E-state index in [4.69, 9.17) is 15.0 Å². The van der Waals surface area contributed by atoms with Gasteiger partial charge in [0.2, 0.25) is 10.0 Å². The third-order valence-electron chi connectivity index (χ3n) is 3.06. The number of primary sulfonamides is 1. The molecule has 0 saturated carbocycles. The van der Waals surface area contributed by atoms with Gasteiger partial charge in [-0.15, -0.1) is 0 Å². The molecule has 0 bridgehead atoms. The lowest BCUT2D eigenvalue weighted by Gasteiger charge is -2.31. The van der Waals surface area contributed by atoms with Gasteiger partial charge in [-0.3, -0.25) is 4.79 Å². The number of rotatable bonds is 7. The summed E-state index contributed by atoms with van der Waals surface area (Å²) in [4.78, 5) is 23.7. The normalized spacial score (nSPS) is 16.7. The summed E-state index contributed by atoms with van der Waals surface area (Å²) in [6.45, 7) is 1.12. The molecule has 2 amide bonds. The number of likely N-dealkylation sites (tertiary alicyclic amines) is 1. The predicted molar refractivity (Wildman–Crippen MR) is 74.2 cm³/mol. The van der Waals surface area contributed by atoms with Crippen LogP contribution in [0.1, 0.15) is 19.3 Å². The summed E-state index contributed by atoms with van der Waals surface area (Å²) >= 11 is 0. The van der Waals surface area contributed by atoms with Gasteiger partial charge < -0.3 is 20.1 Å². The molecule has 1 aliphatic rings. The molecule has 1 aliphatic heterocycles. The van der Waals surface area contributed by atoms with Crippen LogP contribution in [-0.2, 0) is 19.6 Å². The van der Waals surface area contributed by atoms with E-state index in [-0.39, 0.29) is 37.5 Å². The standard InChI is InChI=1S/C11H21N3O6S/c12-21(18,19)8-4-13-11(17)14-5-1-9(2-6-14)20-7-3-10(15)16/h9H,1-8H2,(H,13,17)(H,15,16)(H2,12,18,19). The van der Waals surface area contributed by atoms with Crippen molar-refractivity contribution < 1.29 is 27.9 Å². The van der Waals surface area contributed by atoms with Crippen molar-refractivity contribution in [3.63, 3.8) is 0 Å². The first kappa shape index (κ1) is 17.7. The number of nitrogens with one attached hydrogen (secondary N) is 1. The molecule has 0 aromatic rings. The zero-order valence-electron chi connectivity index (χ0n) is 11.7. The Morgan fingerprint density at radius 3 is 2.48 bits per heavy atom. The van der Waals surface area contributed by atoms with E-state index in [2.05, 4.69) is 5.32 Å². The van der Waals surface area contributed by atoms with Crippen LogP contribution in [0.4, 0.5) is 4.79 Å². The molecule has 10 heteroatoms. The zero-order chi connectivity index (χ0) is 15.9. The third kappa shape index (κ3) is 7.83. The number of ether oxygens (including phenoxy) is 1. The number of amides is 2. The predicted octanol–water partition coefficient (Wildman–Crippen LogP) is -1.06. The van der Waals surface area contributed by atoms with Gasteiger partial charge in [-0.1, -0.05) is 0 Å². The first-order chi connectivity index (χ1) is 9.78. The number of piperidine rings is 1. The molecule has 1 rings (SSSR count). The van der Waals surface area contributed by atoms with Crippen LogP contribution in [0.3, 0.4) is 0 Å². The average molecular weight is 323 g/mol. The summed E-state index contributed by atoms with van der Waals surface area (Å²) < 4.78 is 26.9. The fourth-order valence-electron chi connectivity index (χ4n) is 1.95. The average Bonchev–Trinajstić information content (AvgIpc) is 2.37. The van der Waals surface area contributed by atoms with E-state index in [1.54, 1.807) is 4.90 Å². The molecule has 1 saturated heterocycles. The lowest BCUT2D eigenvalue weighted by molar-refractivity contribution is -0.138. The minimum Gasteiger partial charge on any atom is -0.481 e. The highest BCUT2D eigenvalue weighted by atomic mass is 32.2. The first-order valence-electron chi connectivity index (χ1n) is 6.64. The van der Waals surface area contributed by atoms with E-state index in [9.17, 15) is 18.0 Å². The Kier molecular flexibility index (Phi) is 6.85. The molecule has 0 radical (unpaired) electrons. The van der Waals surface area contributed by atoms with Crippen molar-refractivity contribution in [1.29, 1.82) is 0 Å². The Morgan fingerprint density at radius 1 is 1.33 bits per heavy atom. The van der Waals surface area contributed by atoms with E-state index in [0.29, 0.717) is 25.9 Å². The minimum absolute atomic E-state index is 0.0211. The van der Waals surface area contributed by atoms with Crippen LogP contribution in [0.2, 0.25) is 0 Å². The second kappa shape index (κ2) is 8.15. The smallest absolute Gasteiger partial charge is 0.317 e. The number of carbonyl (C=O) groups excluding carboxylic acids is 1. The van der Waals surface area contributed by atoms with Crippen molar-refractivity contribution in [3.8, 4) is 0 Å². The van der Waals surface area contributed by atoms with Gasteiger partial charge in [0.1, 0.15) is 0 Å². The molecule has 0 spiro atoms. The molecular formula is C11H21N3O6S. The molecule has 0 aliphatic carbocycles. The number of carboxylic acid groups (broad SMARTS) is 1. The van der Waals surface area contributed by atoms with Crippen molar-refractivity contribution in [3.05, 3.63) is 0 Å². The Balaban J connectivity index is 2.19. The lowest BCUT2D eigenvalue weighted by atomic mass is 10.1. The van der Waals surface area contributed by atoms with E-state index < -0.39 is 16.0 Å². The summed E-state index contributed by atoms with van der Waals surface area (Å²) in [5.41, 5.74) is 0. The Hall–Kier alpha value is -1.39. The number of carbonyl (C=O) groups is 2. The number of nitrogens with two attached hydrogens (primary N) is 1. The topological polar surface area (TPSA) is 139 Å². The van der Waals surface area contributed by atoms with Crippen molar-refractivity contribution in [2.75, 3.05) is 32.0 Å². The van der Waals surface area contributed by atoms with Crippen LogP contribution in [0.25, 0.3) is 0 Å². The monoisotopic (exact) mass is 323 g/mol. The maximum atomic E-state index is 11.8. The van der Waals surface area contributed by atoms with Crippen LogP contribution in [-0.4, -0.2) is 68.5 Å². The van der Waals surface area contributed by atoms with Gasteiger partial charge in [0, 0.05) is 19.6 Å². The van der Waals surface area contributed by atoms with Gasteiger partial charge in [0.25, 0.3) is 0 Å². The van der Waals surface area contributed by atoms with Crippen LogP contribution >= 0.6 is 0 Å². The molecule has 0 unspecified atom stereocenters. The van der Waals surface area contributed by atoms with E-state index in [1.807, 2.05) is 0 Å². The Morgan fingerprint density at radius 2 is 1.95 bits per heavy atom. The van der Waals surface area contributed by atoms with Crippen LogP contribution in [0, 0.1) is 0 Å². The molecular weight excluding hydrogens is 302 g/mol. The van der Waals surface area contributed by atoms with Crippen LogP contribution < -0.4 is 10.5 Å². The summed E-state index contributed by atoms with van der Waals surface area (Å²) in [6.07, 6.45) is 1.18. The number of aliphatic carboxylic acids is 1. The second-order valence-corrected chi connectivity index (χ2v) is 6.53. The molecule has 0 atom stereocenters. The molecule has 21 heavy (non-hydrogen) atoms. The summed E-state index contributed by atoms with van der Waals surface area (Å²) in [7, 11) is -3.58. The minimum atomic E-state index is -3.58. The van der Waals surface area contributed by atoms with Gasteiger partial charge in [-0.25, -0.2) is 18.4 Å². The van der Waals surface area contributed by atoms with E-state index >= 15 is 0 Å². The van der Waals surface area contributed by atoms with Crippen LogP contribution in [0.15, 0.2) is 0 Å². The van der Waals surface area contributed by atoms with Crippen molar-refractivity contribution in [2.24, 2.45) is 5.14 Å². The first-order valence-corrected chi connectivity index (χ1v) is 8.36. The quantitative estimate of drug-likeness (QED) is 0.546. The van der Waals surface area contributed by atoms with E-state index in [1.165, 1.54) is 0 Å². The van der Waals surface area contributed by atoms with Gasteiger partial charge in [-0.05, 0) is 12.8 Å². The largest absolute Gasteiger partial charge is 0.481 e. The highest BCUT2D eigenvalue weighted by Crippen LogP contribution is 2.13. The number of carboxylic acids is 1. The highest BCUT2D eigenvalue weighted by molar-refractivity contribution is 7.89. The van der Waals surface area contributed by atoms with Crippen molar-refractivity contribution >= 4 is 22.0 Å². The Labute approximate surface area is 123 Å². The molecule has 1 fully saturated rings. The maximum Gasteiger partial charge on any atom is 0.317 e. The second-order valence-electron chi connectivity index (χ2n) is 4.80. The number of hydrogen-bond donors (Lipinski definition) is 3. The summed E-state index contributed by atoms with van der Waals surface area (Å²) in [5, 5.41) is 15.8. The Bertz CT molecular complexity index is 459. The summed E-state index contributed by atoms with van der Waals surface area (Å²) in [6, 6.07) is -0.331.